The van der Waals surface area contributed by atoms with Crippen LogP contribution >= 0.6 is 0 Å². The summed E-state index contributed by atoms with van der Waals surface area (Å²) in [6.07, 6.45) is 0. The van der Waals surface area contributed by atoms with Crippen molar-refractivity contribution in [2.75, 3.05) is 21.3 Å². The minimum absolute atomic E-state index is 0.0910. The van der Waals surface area contributed by atoms with Crippen molar-refractivity contribution in [3.05, 3.63) is 48.4 Å². The number of para-hydroxylation sites is 1. The third-order valence-corrected chi connectivity index (χ3v) is 3.51. The first-order valence-electron chi connectivity index (χ1n) is 7.55. The summed E-state index contributed by atoms with van der Waals surface area (Å²) in [5.74, 6) is 3.05. The lowest BCUT2D eigenvalue weighted by atomic mass is 10.2. The molecule has 0 unspecified atom stereocenters. The van der Waals surface area contributed by atoms with Crippen LogP contribution in [0.2, 0.25) is 0 Å². The molecule has 25 heavy (non-hydrogen) atoms. The van der Waals surface area contributed by atoms with E-state index in [4.69, 9.17) is 23.4 Å². The van der Waals surface area contributed by atoms with Crippen molar-refractivity contribution in [3.63, 3.8) is 0 Å². The number of nitrogens with zero attached hydrogens (tertiary/aromatic N) is 2. The van der Waals surface area contributed by atoms with Gasteiger partial charge in [0.15, 0.2) is 18.1 Å². The van der Waals surface area contributed by atoms with Gasteiger partial charge >= 0.3 is 0 Å². The van der Waals surface area contributed by atoms with Crippen molar-refractivity contribution in [2.24, 2.45) is 0 Å². The normalized spacial score (nSPS) is 10.4. The van der Waals surface area contributed by atoms with Gasteiger partial charge in [0, 0.05) is 5.56 Å². The van der Waals surface area contributed by atoms with Gasteiger partial charge in [0.05, 0.1) is 21.3 Å². The van der Waals surface area contributed by atoms with Gasteiger partial charge < -0.3 is 23.4 Å². The lowest BCUT2D eigenvalue weighted by Gasteiger charge is -2.12. The van der Waals surface area contributed by atoms with E-state index in [0.717, 1.165) is 5.56 Å². The van der Waals surface area contributed by atoms with Crippen molar-refractivity contribution in [1.29, 1.82) is 0 Å². The van der Waals surface area contributed by atoms with Crippen LogP contribution in [-0.2, 0) is 6.61 Å². The Morgan fingerprint density at radius 1 is 0.880 bits per heavy atom. The highest BCUT2D eigenvalue weighted by molar-refractivity contribution is 5.55. The number of hydrogen-bond donors (Lipinski definition) is 0. The quantitative estimate of drug-likeness (QED) is 0.652. The first-order chi connectivity index (χ1) is 12.2. The molecule has 0 aliphatic rings. The molecule has 0 radical (unpaired) electrons. The number of ether oxygens (including phenoxy) is 4. The molecule has 0 atom stereocenters. The van der Waals surface area contributed by atoms with E-state index in [1.165, 1.54) is 0 Å². The lowest BCUT2D eigenvalue weighted by Crippen LogP contribution is -2.00. The second-order valence-corrected chi connectivity index (χ2v) is 5.01. The molecular weight excluding hydrogens is 324 g/mol. The molecule has 0 saturated carbocycles. The van der Waals surface area contributed by atoms with Gasteiger partial charge in [-0.05, 0) is 30.3 Å². The Kier molecular flexibility index (Phi) is 5.03. The molecule has 0 saturated heterocycles. The van der Waals surface area contributed by atoms with Crippen LogP contribution in [0.3, 0.4) is 0 Å². The predicted octanol–water partition coefficient (Wildman–Crippen LogP) is 3.34. The zero-order valence-electron chi connectivity index (χ0n) is 14.2. The maximum absolute atomic E-state index is 5.76. The fourth-order valence-electron chi connectivity index (χ4n) is 2.28. The molecule has 3 aromatic rings. The molecule has 0 N–H and O–H groups in total. The van der Waals surface area contributed by atoms with Gasteiger partial charge in [0.1, 0.15) is 5.75 Å². The van der Waals surface area contributed by atoms with E-state index < -0.39 is 0 Å². The zero-order valence-corrected chi connectivity index (χ0v) is 14.2. The SMILES string of the molecule is COc1cccc(-c2nnc(COc3c(OC)cccc3OC)o2)c1. The molecule has 0 amide bonds. The molecule has 7 nitrogen and oxygen atoms in total. The summed E-state index contributed by atoms with van der Waals surface area (Å²) >= 11 is 0. The summed E-state index contributed by atoms with van der Waals surface area (Å²) in [7, 11) is 4.73. The number of hydrogen-bond acceptors (Lipinski definition) is 7. The first-order valence-corrected chi connectivity index (χ1v) is 7.55. The number of rotatable bonds is 7. The fourth-order valence-corrected chi connectivity index (χ4v) is 2.28. The molecule has 0 aliphatic heterocycles. The molecule has 0 bridgehead atoms. The summed E-state index contributed by atoms with van der Waals surface area (Å²) in [5, 5.41) is 8.05. The second-order valence-electron chi connectivity index (χ2n) is 5.01. The minimum Gasteiger partial charge on any atom is -0.497 e. The molecular formula is C18H18N2O5. The van der Waals surface area contributed by atoms with Gasteiger partial charge in [-0.2, -0.15) is 0 Å². The smallest absolute Gasteiger partial charge is 0.254 e. The molecule has 2 aromatic carbocycles. The summed E-state index contributed by atoms with van der Waals surface area (Å²) in [4.78, 5) is 0. The summed E-state index contributed by atoms with van der Waals surface area (Å²) < 4.78 is 27.2. The molecule has 0 spiro atoms. The Labute approximate surface area is 145 Å². The monoisotopic (exact) mass is 342 g/mol. The van der Waals surface area contributed by atoms with Crippen LogP contribution in [0, 0.1) is 0 Å². The van der Waals surface area contributed by atoms with Gasteiger partial charge in [-0.3, -0.25) is 0 Å². The maximum Gasteiger partial charge on any atom is 0.254 e. The average molecular weight is 342 g/mol. The van der Waals surface area contributed by atoms with Crippen LogP contribution in [0.15, 0.2) is 46.9 Å². The second kappa shape index (κ2) is 7.57. The number of methoxy groups -OCH3 is 3. The number of aromatic nitrogens is 2. The summed E-state index contributed by atoms with van der Waals surface area (Å²) in [6, 6.07) is 12.8. The van der Waals surface area contributed by atoms with Gasteiger partial charge in [-0.1, -0.05) is 12.1 Å². The highest BCUT2D eigenvalue weighted by atomic mass is 16.5. The van der Waals surface area contributed by atoms with Crippen molar-refractivity contribution in [2.45, 2.75) is 6.61 Å². The van der Waals surface area contributed by atoms with E-state index in [9.17, 15) is 0 Å². The molecule has 1 heterocycles. The van der Waals surface area contributed by atoms with Crippen molar-refractivity contribution in [1.82, 2.24) is 10.2 Å². The van der Waals surface area contributed by atoms with Crippen LogP contribution in [-0.4, -0.2) is 31.5 Å². The average Bonchev–Trinajstić information content (AvgIpc) is 3.15. The number of benzene rings is 2. The third-order valence-electron chi connectivity index (χ3n) is 3.51. The van der Waals surface area contributed by atoms with Crippen molar-refractivity contribution < 1.29 is 23.4 Å². The van der Waals surface area contributed by atoms with Crippen molar-refractivity contribution >= 4 is 0 Å². The Bertz CT molecular complexity index is 825. The van der Waals surface area contributed by atoms with Gasteiger partial charge in [0.2, 0.25) is 11.6 Å². The summed E-state index contributed by atoms with van der Waals surface area (Å²) in [5.41, 5.74) is 0.771. The predicted molar refractivity (Wildman–Crippen MR) is 90.2 cm³/mol. The van der Waals surface area contributed by atoms with Crippen LogP contribution in [0.25, 0.3) is 11.5 Å². The topological polar surface area (TPSA) is 75.8 Å². The molecule has 130 valence electrons. The van der Waals surface area contributed by atoms with E-state index >= 15 is 0 Å². The van der Waals surface area contributed by atoms with E-state index in [1.807, 2.05) is 30.3 Å². The van der Waals surface area contributed by atoms with Gasteiger partial charge in [0.25, 0.3) is 5.89 Å². The molecule has 7 heteroatoms. The van der Waals surface area contributed by atoms with Crippen LogP contribution in [0.5, 0.6) is 23.0 Å². The highest BCUT2D eigenvalue weighted by Gasteiger charge is 2.14. The summed E-state index contributed by atoms with van der Waals surface area (Å²) in [6.45, 7) is 0.0910. The largest absolute Gasteiger partial charge is 0.497 e. The molecule has 1 aromatic heterocycles. The fraction of sp³-hybridized carbons (Fsp3) is 0.222. The van der Waals surface area contributed by atoms with E-state index in [0.29, 0.717) is 34.8 Å². The Balaban J connectivity index is 1.76. The van der Waals surface area contributed by atoms with Crippen LogP contribution in [0.4, 0.5) is 0 Å². The van der Waals surface area contributed by atoms with E-state index in [-0.39, 0.29) is 6.61 Å². The van der Waals surface area contributed by atoms with Crippen LogP contribution in [0.1, 0.15) is 5.89 Å². The highest BCUT2D eigenvalue weighted by Crippen LogP contribution is 2.37. The standard InChI is InChI=1S/C18H18N2O5/c1-21-13-7-4-6-12(10-13)18-20-19-16(25-18)11-24-17-14(22-2)8-5-9-15(17)23-3/h4-10H,11H2,1-3H3. The Morgan fingerprint density at radius 2 is 1.60 bits per heavy atom. The molecule has 0 aliphatic carbocycles. The van der Waals surface area contributed by atoms with Crippen molar-refractivity contribution in [3.8, 4) is 34.5 Å². The van der Waals surface area contributed by atoms with Gasteiger partial charge in [-0.15, -0.1) is 10.2 Å². The Hall–Kier alpha value is -3.22. The zero-order chi connectivity index (χ0) is 17.6. The minimum atomic E-state index is 0.0910. The lowest BCUT2D eigenvalue weighted by molar-refractivity contribution is 0.238. The Morgan fingerprint density at radius 3 is 2.28 bits per heavy atom. The van der Waals surface area contributed by atoms with Gasteiger partial charge in [-0.25, -0.2) is 0 Å². The van der Waals surface area contributed by atoms with E-state index in [1.54, 1.807) is 33.5 Å². The van der Waals surface area contributed by atoms with Crippen LogP contribution < -0.4 is 18.9 Å². The first kappa shape index (κ1) is 16.6. The third kappa shape index (κ3) is 3.65. The maximum atomic E-state index is 5.76. The molecule has 0 fully saturated rings. The van der Waals surface area contributed by atoms with E-state index in [2.05, 4.69) is 10.2 Å². The molecule has 3 rings (SSSR count).